The summed E-state index contributed by atoms with van der Waals surface area (Å²) >= 11 is 1.88. The number of urea groups is 1. The van der Waals surface area contributed by atoms with Crippen LogP contribution in [0, 0.1) is 5.92 Å². The van der Waals surface area contributed by atoms with E-state index in [0.717, 1.165) is 37.4 Å². The summed E-state index contributed by atoms with van der Waals surface area (Å²) in [5, 5.41) is 11.6. The first-order valence-electron chi connectivity index (χ1n) is 6.95. The lowest BCUT2D eigenvalue weighted by Crippen LogP contribution is -2.44. The second-order valence-corrected chi connectivity index (χ2v) is 6.05. The van der Waals surface area contributed by atoms with Crippen molar-refractivity contribution in [1.82, 2.24) is 10.2 Å². The van der Waals surface area contributed by atoms with Gasteiger partial charge in [-0.2, -0.15) is 11.8 Å². The number of hydrogen-bond donors (Lipinski definition) is 2. The highest BCUT2D eigenvalue weighted by atomic mass is 32.2. The fourth-order valence-electron chi connectivity index (χ4n) is 2.14. The number of aliphatic carboxylic acids is 1. The molecule has 1 atom stereocenters. The largest absolute Gasteiger partial charge is 0.481 e. The highest BCUT2D eigenvalue weighted by Gasteiger charge is 2.16. The fraction of sp³-hybridized carbons (Fsp3) is 0.846. The highest BCUT2D eigenvalue weighted by molar-refractivity contribution is 7.99. The van der Waals surface area contributed by atoms with Gasteiger partial charge in [-0.05, 0) is 18.8 Å². The van der Waals surface area contributed by atoms with Crippen LogP contribution < -0.4 is 5.32 Å². The minimum absolute atomic E-state index is 0.0217. The molecular formula is C13H24N2O3S. The number of carboxylic acid groups (broad SMARTS) is 1. The van der Waals surface area contributed by atoms with E-state index in [1.54, 1.807) is 0 Å². The molecular weight excluding hydrogens is 264 g/mol. The van der Waals surface area contributed by atoms with E-state index in [4.69, 9.17) is 5.11 Å². The minimum atomic E-state index is -0.742. The summed E-state index contributed by atoms with van der Waals surface area (Å²) in [4.78, 5) is 24.2. The van der Waals surface area contributed by atoms with Gasteiger partial charge in [-0.3, -0.25) is 4.79 Å². The zero-order valence-electron chi connectivity index (χ0n) is 11.6. The number of nitrogens with zero attached hydrogens (tertiary/aromatic N) is 1. The minimum Gasteiger partial charge on any atom is -0.481 e. The summed E-state index contributed by atoms with van der Waals surface area (Å²) in [7, 11) is 0. The SMILES string of the molecule is CCC(CCNC(=O)N1CCSCC1)CCC(=O)O. The van der Waals surface area contributed by atoms with Crippen molar-refractivity contribution in [1.29, 1.82) is 0 Å². The summed E-state index contributed by atoms with van der Waals surface area (Å²) in [6, 6.07) is 0.0217. The predicted molar refractivity (Wildman–Crippen MR) is 77.6 cm³/mol. The van der Waals surface area contributed by atoms with Gasteiger partial charge in [-0.15, -0.1) is 0 Å². The van der Waals surface area contributed by atoms with Crippen molar-refractivity contribution in [2.45, 2.75) is 32.6 Å². The van der Waals surface area contributed by atoms with Crippen molar-refractivity contribution in [2.75, 3.05) is 31.1 Å². The lowest BCUT2D eigenvalue weighted by Gasteiger charge is -2.26. The Morgan fingerprint density at radius 3 is 2.58 bits per heavy atom. The zero-order valence-corrected chi connectivity index (χ0v) is 12.4. The maximum Gasteiger partial charge on any atom is 0.317 e. The maximum atomic E-state index is 11.8. The zero-order chi connectivity index (χ0) is 14.1. The molecule has 1 aliphatic heterocycles. The van der Waals surface area contributed by atoms with Crippen LogP contribution >= 0.6 is 11.8 Å². The lowest BCUT2D eigenvalue weighted by molar-refractivity contribution is -0.137. The van der Waals surface area contributed by atoms with Gasteiger partial charge in [0.25, 0.3) is 0 Å². The summed E-state index contributed by atoms with van der Waals surface area (Å²) in [6.45, 7) is 4.36. The molecule has 1 rings (SSSR count). The molecule has 1 unspecified atom stereocenters. The van der Waals surface area contributed by atoms with Gasteiger partial charge in [-0.25, -0.2) is 4.79 Å². The second-order valence-electron chi connectivity index (χ2n) is 4.83. The molecule has 2 amide bonds. The molecule has 6 heteroatoms. The number of nitrogens with one attached hydrogen (secondary N) is 1. The predicted octanol–water partition coefficient (Wildman–Crippen LogP) is 2.03. The van der Waals surface area contributed by atoms with E-state index in [-0.39, 0.29) is 12.5 Å². The molecule has 0 spiro atoms. The molecule has 0 saturated carbocycles. The quantitative estimate of drug-likeness (QED) is 0.752. The summed E-state index contributed by atoms with van der Waals surface area (Å²) < 4.78 is 0. The van der Waals surface area contributed by atoms with Gasteiger partial charge >= 0.3 is 12.0 Å². The molecule has 1 saturated heterocycles. The Morgan fingerprint density at radius 1 is 1.32 bits per heavy atom. The number of carbonyl (C=O) groups excluding carboxylic acids is 1. The van der Waals surface area contributed by atoms with Crippen molar-refractivity contribution in [3.05, 3.63) is 0 Å². The van der Waals surface area contributed by atoms with E-state index in [0.29, 0.717) is 18.9 Å². The molecule has 0 aromatic carbocycles. The monoisotopic (exact) mass is 288 g/mol. The van der Waals surface area contributed by atoms with Crippen LogP contribution in [-0.2, 0) is 4.79 Å². The first-order valence-corrected chi connectivity index (χ1v) is 8.11. The molecule has 1 fully saturated rings. The third-order valence-corrected chi connectivity index (χ3v) is 4.41. The number of carbonyl (C=O) groups is 2. The van der Waals surface area contributed by atoms with Gasteiger partial charge in [-0.1, -0.05) is 13.3 Å². The van der Waals surface area contributed by atoms with E-state index >= 15 is 0 Å². The van der Waals surface area contributed by atoms with Crippen LogP contribution in [0.1, 0.15) is 32.6 Å². The van der Waals surface area contributed by atoms with Crippen LogP contribution in [0.25, 0.3) is 0 Å². The Bertz CT molecular complexity index is 294. The maximum absolute atomic E-state index is 11.8. The third kappa shape index (κ3) is 6.71. The molecule has 0 aromatic rings. The van der Waals surface area contributed by atoms with Crippen LogP contribution in [0.5, 0.6) is 0 Å². The molecule has 0 bridgehead atoms. The molecule has 0 aromatic heterocycles. The normalized spacial score (nSPS) is 17.0. The number of hydrogen-bond acceptors (Lipinski definition) is 3. The van der Waals surface area contributed by atoms with Crippen molar-refractivity contribution >= 4 is 23.8 Å². The molecule has 0 aliphatic carbocycles. The summed E-state index contributed by atoms with van der Waals surface area (Å²) in [5.41, 5.74) is 0. The van der Waals surface area contributed by atoms with Crippen LogP contribution in [-0.4, -0.2) is 53.1 Å². The average molecular weight is 288 g/mol. The van der Waals surface area contributed by atoms with Gasteiger partial charge in [0.05, 0.1) is 0 Å². The Morgan fingerprint density at radius 2 is 2.00 bits per heavy atom. The summed E-state index contributed by atoms with van der Waals surface area (Å²) in [5.74, 6) is 1.68. The Hall–Kier alpha value is -0.910. The van der Waals surface area contributed by atoms with E-state index in [1.165, 1.54) is 0 Å². The highest BCUT2D eigenvalue weighted by Crippen LogP contribution is 2.15. The van der Waals surface area contributed by atoms with Crippen LogP contribution in [0.4, 0.5) is 4.79 Å². The van der Waals surface area contributed by atoms with E-state index in [1.807, 2.05) is 16.7 Å². The molecule has 19 heavy (non-hydrogen) atoms. The standard InChI is InChI=1S/C13H24N2O3S/c1-2-11(3-4-12(16)17)5-6-14-13(18)15-7-9-19-10-8-15/h11H,2-10H2,1H3,(H,14,18)(H,16,17). The first kappa shape index (κ1) is 16.1. The van der Waals surface area contributed by atoms with E-state index in [2.05, 4.69) is 12.2 Å². The van der Waals surface area contributed by atoms with Crippen molar-refractivity contribution in [3.8, 4) is 0 Å². The fourth-order valence-corrected chi connectivity index (χ4v) is 3.04. The van der Waals surface area contributed by atoms with Crippen molar-refractivity contribution in [3.63, 3.8) is 0 Å². The lowest BCUT2D eigenvalue weighted by atomic mass is 9.97. The first-order chi connectivity index (χ1) is 9.13. The van der Waals surface area contributed by atoms with Gasteiger partial charge in [0.1, 0.15) is 0 Å². The van der Waals surface area contributed by atoms with Gasteiger partial charge in [0, 0.05) is 37.6 Å². The van der Waals surface area contributed by atoms with Crippen molar-refractivity contribution in [2.24, 2.45) is 5.92 Å². The van der Waals surface area contributed by atoms with Gasteiger partial charge < -0.3 is 15.3 Å². The Kier molecular flexibility index (Phi) is 7.70. The van der Waals surface area contributed by atoms with E-state index < -0.39 is 5.97 Å². The Labute approximate surface area is 119 Å². The van der Waals surface area contributed by atoms with Crippen LogP contribution in [0.2, 0.25) is 0 Å². The smallest absolute Gasteiger partial charge is 0.317 e. The molecule has 110 valence electrons. The summed E-state index contributed by atoms with van der Waals surface area (Å²) in [6.07, 6.45) is 2.74. The number of amides is 2. The molecule has 5 nitrogen and oxygen atoms in total. The Balaban J connectivity index is 2.16. The number of thioether (sulfide) groups is 1. The molecule has 0 radical (unpaired) electrons. The van der Waals surface area contributed by atoms with Crippen LogP contribution in [0.15, 0.2) is 0 Å². The van der Waals surface area contributed by atoms with Crippen molar-refractivity contribution < 1.29 is 14.7 Å². The second kappa shape index (κ2) is 9.07. The third-order valence-electron chi connectivity index (χ3n) is 3.47. The molecule has 2 N–H and O–H groups in total. The van der Waals surface area contributed by atoms with E-state index in [9.17, 15) is 9.59 Å². The molecule has 1 aliphatic rings. The number of carboxylic acids is 1. The van der Waals surface area contributed by atoms with Gasteiger partial charge in [0.2, 0.25) is 0 Å². The van der Waals surface area contributed by atoms with Crippen LogP contribution in [0.3, 0.4) is 0 Å². The number of rotatable bonds is 7. The average Bonchev–Trinajstić information content (AvgIpc) is 2.43. The topological polar surface area (TPSA) is 69.6 Å². The van der Waals surface area contributed by atoms with Gasteiger partial charge in [0.15, 0.2) is 0 Å². The molecule has 1 heterocycles.